The van der Waals surface area contributed by atoms with Crippen LogP contribution in [0.1, 0.15) is 31.2 Å². The van der Waals surface area contributed by atoms with Crippen molar-refractivity contribution in [2.75, 3.05) is 11.9 Å². The van der Waals surface area contributed by atoms with Crippen LogP contribution in [0.2, 0.25) is 0 Å². The monoisotopic (exact) mass is 234 g/mol. The average Bonchev–Trinajstić information content (AvgIpc) is 2.38. The lowest BCUT2D eigenvalue weighted by atomic mass is 9.92. The van der Waals surface area contributed by atoms with E-state index in [9.17, 15) is 0 Å². The van der Waals surface area contributed by atoms with Crippen LogP contribution in [0.25, 0.3) is 0 Å². The van der Waals surface area contributed by atoms with E-state index in [-0.39, 0.29) is 6.10 Å². The molecule has 0 atom stereocenters. The van der Waals surface area contributed by atoms with Gasteiger partial charge in [0.05, 0.1) is 6.10 Å². The predicted molar refractivity (Wildman–Crippen MR) is 70.9 cm³/mol. The fourth-order valence-electron chi connectivity index (χ4n) is 2.63. The molecule has 1 aromatic rings. The minimum atomic E-state index is 0.261. The van der Waals surface area contributed by atoms with Crippen molar-refractivity contribution in [1.82, 2.24) is 0 Å². The van der Waals surface area contributed by atoms with Gasteiger partial charge in [0.2, 0.25) is 0 Å². The molecule has 0 radical (unpaired) electrons. The lowest BCUT2D eigenvalue weighted by Crippen LogP contribution is -2.37. The summed E-state index contributed by atoms with van der Waals surface area (Å²) >= 11 is 0. The van der Waals surface area contributed by atoms with E-state index in [1.165, 1.54) is 11.3 Å². The number of nitrogens with zero attached hydrogens (tertiary/aromatic N) is 1. The minimum absolute atomic E-state index is 0.261. The van der Waals surface area contributed by atoms with Gasteiger partial charge < -0.3 is 9.74 Å². The lowest BCUT2D eigenvalue weighted by molar-refractivity contribution is 0.0243. The quantitative estimate of drug-likeness (QED) is 0.817. The highest BCUT2D eigenvalue weighted by atomic mass is 16.6. The predicted octanol–water partition coefficient (Wildman–Crippen LogP) is 2.63. The Hall–Kier alpha value is -1.06. The van der Waals surface area contributed by atoms with E-state index < -0.39 is 0 Å². The van der Waals surface area contributed by atoms with Gasteiger partial charge in [-0.25, -0.2) is 5.90 Å². The molecule has 3 heteroatoms. The molecule has 94 valence electrons. The average molecular weight is 234 g/mol. The van der Waals surface area contributed by atoms with Crippen LogP contribution in [0.4, 0.5) is 5.69 Å². The maximum absolute atomic E-state index is 5.24. The van der Waals surface area contributed by atoms with E-state index in [0.29, 0.717) is 6.04 Å². The Morgan fingerprint density at radius 3 is 2.53 bits per heavy atom. The summed E-state index contributed by atoms with van der Waals surface area (Å²) in [4.78, 5) is 7.31. The van der Waals surface area contributed by atoms with Gasteiger partial charge in [0.1, 0.15) is 0 Å². The molecular formula is C14H22N2O. The van der Waals surface area contributed by atoms with Crippen LogP contribution in [0.3, 0.4) is 0 Å². The number of hydrogen-bond donors (Lipinski definition) is 1. The van der Waals surface area contributed by atoms with Crippen LogP contribution in [0.5, 0.6) is 0 Å². The Balaban J connectivity index is 1.99. The molecule has 1 aliphatic rings. The molecule has 0 aliphatic heterocycles. The summed E-state index contributed by atoms with van der Waals surface area (Å²) in [6, 6.07) is 9.29. The van der Waals surface area contributed by atoms with Crippen LogP contribution in [0, 0.1) is 6.92 Å². The third kappa shape index (κ3) is 2.99. The van der Waals surface area contributed by atoms with Crippen LogP contribution in [-0.2, 0) is 4.84 Å². The summed E-state index contributed by atoms with van der Waals surface area (Å²) in [5.41, 5.74) is 2.62. The van der Waals surface area contributed by atoms with E-state index in [0.717, 1.165) is 25.7 Å². The second kappa shape index (κ2) is 5.52. The molecule has 0 heterocycles. The normalized spacial score (nSPS) is 24.6. The molecule has 17 heavy (non-hydrogen) atoms. The molecule has 0 saturated heterocycles. The highest BCUT2D eigenvalue weighted by molar-refractivity contribution is 5.48. The molecular weight excluding hydrogens is 212 g/mol. The molecule has 0 aromatic heterocycles. The van der Waals surface area contributed by atoms with Gasteiger partial charge in [-0.1, -0.05) is 12.1 Å². The van der Waals surface area contributed by atoms with Gasteiger partial charge in [-0.3, -0.25) is 0 Å². The second-order valence-corrected chi connectivity index (χ2v) is 5.02. The van der Waals surface area contributed by atoms with E-state index in [4.69, 9.17) is 10.7 Å². The Bertz CT molecular complexity index is 359. The van der Waals surface area contributed by atoms with Crippen molar-refractivity contribution in [2.24, 2.45) is 5.90 Å². The highest BCUT2D eigenvalue weighted by Crippen LogP contribution is 2.27. The molecule has 1 aliphatic carbocycles. The van der Waals surface area contributed by atoms with Crippen LogP contribution in [-0.4, -0.2) is 19.2 Å². The standard InChI is InChI=1S/C14H22N2O/c1-11-4-3-5-13(10-11)16(2)12-6-8-14(17-15)9-7-12/h3-5,10,12,14H,6-9,15H2,1-2H3. The fraction of sp³-hybridized carbons (Fsp3) is 0.571. The Kier molecular flexibility index (Phi) is 4.02. The minimum Gasteiger partial charge on any atom is -0.372 e. The van der Waals surface area contributed by atoms with E-state index in [1.807, 2.05) is 0 Å². The van der Waals surface area contributed by atoms with Crippen molar-refractivity contribution in [3.63, 3.8) is 0 Å². The highest BCUT2D eigenvalue weighted by Gasteiger charge is 2.24. The van der Waals surface area contributed by atoms with Gasteiger partial charge in [-0.15, -0.1) is 0 Å². The first-order chi connectivity index (χ1) is 8.20. The van der Waals surface area contributed by atoms with Gasteiger partial charge in [0.25, 0.3) is 0 Å². The smallest absolute Gasteiger partial charge is 0.0789 e. The zero-order valence-corrected chi connectivity index (χ0v) is 10.7. The van der Waals surface area contributed by atoms with E-state index in [2.05, 4.69) is 43.1 Å². The van der Waals surface area contributed by atoms with Gasteiger partial charge in [0.15, 0.2) is 0 Å². The van der Waals surface area contributed by atoms with Crippen molar-refractivity contribution >= 4 is 5.69 Å². The van der Waals surface area contributed by atoms with Gasteiger partial charge in [-0.2, -0.15) is 0 Å². The fourth-order valence-corrected chi connectivity index (χ4v) is 2.63. The number of aryl methyl sites for hydroxylation is 1. The third-order valence-corrected chi connectivity index (χ3v) is 3.79. The Morgan fingerprint density at radius 1 is 1.24 bits per heavy atom. The van der Waals surface area contributed by atoms with Gasteiger partial charge in [0, 0.05) is 18.8 Å². The van der Waals surface area contributed by atoms with Crippen molar-refractivity contribution < 1.29 is 4.84 Å². The first-order valence-electron chi connectivity index (χ1n) is 6.35. The number of hydrogen-bond acceptors (Lipinski definition) is 3. The summed E-state index contributed by atoms with van der Waals surface area (Å²) < 4.78 is 0. The SMILES string of the molecule is Cc1cccc(N(C)C2CCC(ON)CC2)c1. The third-order valence-electron chi connectivity index (χ3n) is 3.79. The molecule has 0 spiro atoms. The first-order valence-corrected chi connectivity index (χ1v) is 6.35. The van der Waals surface area contributed by atoms with E-state index in [1.54, 1.807) is 0 Å². The number of rotatable bonds is 3. The largest absolute Gasteiger partial charge is 0.372 e. The first kappa shape index (κ1) is 12.4. The molecule has 0 bridgehead atoms. The summed E-state index contributed by atoms with van der Waals surface area (Å²) in [5, 5.41) is 0. The van der Waals surface area contributed by atoms with Gasteiger partial charge >= 0.3 is 0 Å². The zero-order chi connectivity index (χ0) is 12.3. The van der Waals surface area contributed by atoms with Crippen molar-refractivity contribution in [3.8, 4) is 0 Å². The number of anilines is 1. The van der Waals surface area contributed by atoms with Crippen molar-refractivity contribution in [2.45, 2.75) is 44.8 Å². The van der Waals surface area contributed by atoms with Crippen molar-refractivity contribution in [3.05, 3.63) is 29.8 Å². The summed E-state index contributed by atoms with van der Waals surface area (Å²) in [7, 11) is 2.18. The summed E-state index contributed by atoms with van der Waals surface area (Å²) in [6.45, 7) is 2.14. The second-order valence-electron chi connectivity index (χ2n) is 5.02. The molecule has 0 amide bonds. The molecule has 2 N–H and O–H groups in total. The molecule has 1 saturated carbocycles. The molecule has 2 rings (SSSR count). The van der Waals surface area contributed by atoms with Crippen LogP contribution >= 0.6 is 0 Å². The van der Waals surface area contributed by atoms with Crippen molar-refractivity contribution in [1.29, 1.82) is 0 Å². The molecule has 1 aromatic carbocycles. The Labute approximate surface area is 104 Å². The maximum atomic E-state index is 5.24. The molecule has 0 unspecified atom stereocenters. The zero-order valence-electron chi connectivity index (χ0n) is 10.7. The number of benzene rings is 1. The van der Waals surface area contributed by atoms with Crippen LogP contribution < -0.4 is 10.8 Å². The number of nitrogens with two attached hydrogens (primary N) is 1. The van der Waals surface area contributed by atoms with Crippen LogP contribution in [0.15, 0.2) is 24.3 Å². The molecule has 1 fully saturated rings. The Morgan fingerprint density at radius 2 is 1.94 bits per heavy atom. The molecule has 3 nitrogen and oxygen atoms in total. The topological polar surface area (TPSA) is 38.5 Å². The van der Waals surface area contributed by atoms with E-state index >= 15 is 0 Å². The lowest BCUT2D eigenvalue weighted by Gasteiger charge is -2.35. The maximum Gasteiger partial charge on any atom is 0.0789 e. The van der Waals surface area contributed by atoms with Gasteiger partial charge in [-0.05, 0) is 50.3 Å². The summed E-state index contributed by atoms with van der Waals surface area (Å²) in [6.07, 6.45) is 4.71. The summed E-state index contributed by atoms with van der Waals surface area (Å²) in [5.74, 6) is 5.24.